The van der Waals surface area contributed by atoms with E-state index in [0.717, 1.165) is 24.2 Å². The molecular weight excluding hydrogens is 228 g/mol. The number of rotatable bonds is 2. The van der Waals surface area contributed by atoms with Gasteiger partial charge in [-0.2, -0.15) is 0 Å². The van der Waals surface area contributed by atoms with Gasteiger partial charge in [0.15, 0.2) is 0 Å². The van der Waals surface area contributed by atoms with Crippen LogP contribution in [0.1, 0.15) is 12.0 Å². The summed E-state index contributed by atoms with van der Waals surface area (Å²) < 4.78 is 0. The normalized spacial score (nSPS) is 22.1. The van der Waals surface area contributed by atoms with Crippen molar-refractivity contribution in [2.45, 2.75) is 19.4 Å². The van der Waals surface area contributed by atoms with Gasteiger partial charge in [-0.3, -0.25) is 9.69 Å². The van der Waals surface area contributed by atoms with Crippen molar-refractivity contribution in [3.8, 4) is 0 Å². The molecule has 4 nitrogen and oxygen atoms in total. The van der Waals surface area contributed by atoms with Crippen molar-refractivity contribution >= 4 is 11.6 Å². The van der Waals surface area contributed by atoms with E-state index in [-0.39, 0.29) is 12.5 Å². The average Bonchev–Trinajstić information content (AvgIpc) is 2.49. The zero-order chi connectivity index (χ0) is 13.1. The average molecular weight is 248 g/mol. The van der Waals surface area contributed by atoms with Crippen LogP contribution in [0.4, 0.5) is 5.69 Å². The second kappa shape index (κ2) is 5.50. The van der Waals surface area contributed by atoms with Gasteiger partial charge < -0.3 is 10.0 Å². The molecule has 1 unspecified atom stereocenters. The van der Waals surface area contributed by atoms with Crippen molar-refractivity contribution in [1.29, 1.82) is 0 Å². The van der Waals surface area contributed by atoms with E-state index in [1.165, 1.54) is 0 Å². The predicted octanol–water partition coefficient (Wildman–Crippen LogP) is 1.02. The summed E-state index contributed by atoms with van der Waals surface area (Å²) in [6.07, 6.45) is 0.924. The first kappa shape index (κ1) is 13.1. The Morgan fingerprint density at radius 2 is 2.06 bits per heavy atom. The van der Waals surface area contributed by atoms with Crippen molar-refractivity contribution in [3.05, 3.63) is 29.8 Å². The molecular formula is C14H20N2O2. The number of aliphatic hydroxyl groups excluding tert-OH is 1. The van der Waals surface area contributed by atoms with Crippen LogP contribution in [0.25, 0.3) is 0 Å². The number of para-hydroxylation sites is 1. The van der Waals surface area contributed by atoms with E-state index in [0.29, 0.717) is 6.54 Å². The Labute approximate surface area is 108 Å². The Hall–Kier alpha value is -1.39. The van der Waals surface area contributed by atoms with Gasteiger partial charge in [0, 0.05) is 18.8 Å². The van der Waals surface area contributed by atoms with Crippen LogP contribution in [0.2, 0.25) is 0 Å². The van der Waals surface area contributed by atoms with Crippen LogP contribution in [-0.2, 0) is 4.79 Å². The first-order chi connectivity index (χ1) is 8.65. The van der Waals surface area contributed by atoms with E-state index in [2.05, 4.69) is 0 Å². The van der Waals surface area contributed by atoms with Crippen LogP contribution in [0.5, 0.6) is 0 Å². The number of carbonyl (C=O) groups is 1. The molecule has 0 aromatic heterocycles. The third kappa shape index (κ3) is 2.40. The van der Waals surface area contributed by atoms with Crippen LogP contribution in [0.3, 0.4) is 0 Å². The Morgan fingerprint density at radius 3 is 2.72 bits per heavy atom. The number of likely N-dealkylation sites (N-methyl/N-ethyl adjacent to an activating group) is 1. The van der Waals surface area contributed by atoms with E-state index in [9.17, 15) is 9.90 Å². The van der Waals surface area contributed by atoms with Gasteiger partial charge in [0.1, 0.15) is 6.04 Å². The summed E-state index contributed by atoms with van der Waals surface area (Å²) in [6, 6.07) is 7.46. The predicted molar refractivity (Wildman–Crippen MR) is 71.7 cm³/mol. The van der Waals surface area contributed by atoms with E-state index >= 15 is 0 Å². The number of amides is 1. The van der Waals surface area contributed by atoms with Gasteiger partial charge in [-0.05, 0) is 32.0 Å². The molecule has 1 aliphatic heterocycles. The molecule has 0 saturated carbocycles. The van der Waals surface area contributed by atoms with E-state index in [1.807, 2.05) is 43.1 Å². The molecule has 0 spiro atoms. The van der Waals surface area contributed by atoms with Crippen LogP contribution in [0, 0.1) is 6.92 Å². The van der Waals surface area contributed by atoms with E-state index in [4.69, 9.17) is 0 Å². The highest BCUT2D eigenvalue weighted by molar-refractivity contribution is 5.98. The van der Waals surface area contributed by atoms with Gasteiger partial charge in [-0.25, -0.2) is 0 Å². The Kier molecular flexibility index (Phi) is 3.99. The summed E-state index contributed by atoms with van der Waals surface area (Å²) in [6.45, 7) is 3.42. The van der Waals surface area contributed by atoms with Crippen molar-refractivity contribution in [3.63, 3.8) is 0 Å². The largest absolute Gasteiger partial charge is 0.394 e. The Bertz CT molecular complexity index is 434. The van der Waals surface area contributed by atoms with E-state index < -0.39 is 6.04 Å². The van der Waals surface area contributed by atoms with Crippen molar-refractivity contribution in [2.75, 3.05) is 31.6 Å². The lowest BCUT2D eigenvalue weighted by Gasteiger charge is -2.27. The van der Waals surface area contributed by atoms with Gasteiger partial charge in [0.25, 0.3) is 0 Å². The topological polar surface area (TPSA) is 43.8 Å². The lowest BCUT2D eigenvalue weighted by Crippen LogP contribution is -2.46. The smallest absolute Gasteiger partial charge is 0.246 e. The van der Waals surface area contributed by atoms with E-state index in [1.54, 1.807) is 4.90 Å². The molecule has 18 heavy (non-hydrogen) atoms. The van der Waals surface area contributed by atoms with Gasteiger partial charge in [-0.1, -0.05) is 18.2 Å². The number of aryl methyl sites for hydroxylation is 1. The minimum Gasteiger partial charge on any atom is -0.394 e. The fourth-order valence-electron chi connectivity index (χ4n) is 2.44. The minimum absolute atomic E-state index is 0.00759. The summed E-state index contributed by atoms with van der Waals surface area (Å²) in [7, 11) is 1.89. The first-order valence-corrected chi connectivity index (χ1v) is 6.33. The Morgan fingerprint density at radius 1 is 1.33 bits per heavy atom. The molecule has 1 aromatic rings. The SMILES string of the molecule is Cc1ccccc1N1CCCN(C)C(CO)C1=O. The van der Waals surface area contributed by atoms with Crippen LogP contribution in [-0.4, -0.2) is 48.7 Å². The fraction of sp³-hybridized carbons (Fsp3) is 0.500. The molecule has 1 heterocycles. The number of aliphatic hydroxyl groups is 1. The van der Waals surface area contributed by atoms with Crippen LogP contribution in [0.15, 0.2) is 24.3 Å². The van der Waals surface area contributed by atoms with Gasteiger partial charge in [0.2, 0.25) is 5.91 Å². The molecule has 1 fully saturated rings. The zero-order valence-corrected chi connectivity index (χ0v) is 11.0. The second-order valence-corrected chi connectivity index (χ2v) is 4.81. The summed E-state index contributed by atoms with van der Waals surface area (Å²) in [5.41, 5.74) is 2.04. The van der Waals surface area contributed by atoms with Crippen LogP contribution < -0.4 is 4.90 Å². The summed E-state index contributed by atoms with van der Waals surface area (Å²) in [5, 5.41) is 9.40. The van der Waals surface area contributed by atoms with Crippen molar-refractivity contribution in [2.24, 2.45) is 0 Å². The quantitative estimate of drug-likeness (QED) is 0.850. The molecule has 0 radical (unpaired) electrons. The number of anilines is 1. The molecule has 0 bridgehead atoms. The summed E-state index contributed by atoms with van der Waals surface area (Å²) in [5.74, 6) is -0.00759. The highest BCUT2D eigenvalue weighted by atomic mass is 16.3. The maximum atomic E-state index is 12.5. The fourth-order valence-corrected chi connectivity index (χ4v) is 2.44. The molecule has 0 aliphatic carbocycles. The van der Waals surface area contributed by atoms with Gasteiger partial charge in [-0.15, -0.1) is 0 Å². The number of hydrogen-bond donors (Lipinski definition) is 1. The van der Waals surface area contributed by atoms with Gasteiger partial charge in [0.05, 0.1) is 6.61 Å². The highest BCUT2D eigenvalue weighted by Gasteiger charge is 2.31. The molecule has 2 rings (SSSR count). The lowest BCUT2D eigenvalue weighted by molar-refractivity contribution is -0.123. The van der Waals surface area contributed by atoms with Crippen LogP contribution >= 0.6 is 0 Å². The minimum atomic E-state index is -0.424. The molecule has 1 saturated heterocycles. The monoisotopic (exact) mass is 248 g/mol. The number of hydrogen-bond acceptors (Lipinski definition) is 3. The zero-order valence-electron chi connectivity index (χ0n) is 11.0. The molecule has 1 amide bonds. The van der Waals surface area contributed by atoms with Gasteiger partial charge >= 0.3 is 0 Å². The standard InChI is InChI=1S/C14H20N2O2/c1-11-6-3-4-7-12(11)16-9-5-8-15(2)13(10-17)14(16)18/h3-4,6-7,13,17H,5,8-10H2,1-2H3. The molecule has 98 valence electrons. The molecule has 1 aliphatic rings. The third-order valence-corrected chi connectivity index (χ3v) is 3.55. The van der Waals surface area contributed by atoms with Crippen molar-refractivity contribution < 1.29 is 9.90 Å². The maximum absolute atomic E-state index is 12.5. The third-order valence-electron chi connectivity index (χ3n) is 3.55. The highest BCUT2D eigenvalue weighted by Crippen LogP contribution is 2.23. The lowest BCUT2D eigenvalue weighted by atomic mass is 10.1. The number of nitrogens with zero attached hydrogens (tertiary/aromatic N) is 2. The summed E-state index contributed by atoms with van der Waals surface area (Å²) in [4.78, 5) is 16.2. The first-order valence-electron chi connectivity index (χ1n) is 6.33. The number of benzene rings is 1. The van der Waals surface area contributed by atoms with Crippen molar-refractivity contribution in [1.82, 2.24) is 4.90 Å². The maximum Gasteiger partial charge on any atom is 0.246 e. The second-order valence-electron chi connectivity index (χ2n) is 4.81. The molecule has 1 N–H and O–H groups in total. The molecule has 4 heteroatoms. The Balaban J connectivity index is 2.32. The molecule has 1 atom stereocenters. The molecule has 1 aromatic carbocycles. The number of carbonyl (C=O) groups excluding carboxylic acids is 1. The summed E-state index contributed by atoms with van der Waals surface area (Å²) >= 11 is 0.